The van der Waals surface area contributed by atoms with Crippen molar-refractivity contribution < 1.29 is 14.4 Å². The lowest BCUT2D eigenvalue weighted by atomic mass is 10.4. The Morgan fingerprint density at radius 1 is 1.42 bits per heavy atom. The number of hydrogen-bond acceptors (Lipinski definition) is 7. The molecule has 0 bridgehead atoms. The number of ether oxygens (including phenoxy) is 2. The predicted octanol–water partition coefficient (Wildman–Crippen LogP) is 1.62. The Morgan fingerprint density at radius 2 is 2.16 bits per heavy atom. The van der Waals surface area contributed by atoms with E-state index in [1.54, 1.807) is 0 Å². The Bertz CT molecular complexity index is 425. The van der Waals surface area contributed by atoms with Gasteiger partial charge in [0.25, 0.3) is 5.88 Å². The summed E-state index contributed by atoms with van der Waals surface area (Å²) in [6.07, 6.45) is 1.31. The number of nitro groups is 1. The monoisotopic (exact) mass is 270 g/mol. The molecule has 0 aliphatic heterocycles. The summed E-state index contributed by atoms with van der Waals surface area (Å²) >= 11 is 0. The van der Waals surface area contributed by atoms with Crippen molar-refractivity contribution >= 4 is 11.5 Å². The van der Waals surface area contributed by atoms with E-state index in [2.05, 4.69) is 15.3 Å². The fourth-order valence-corrected chi connectivity index (χ4v) is 1.35. The highest BCUT2D eigenvalue weighted by atomic mass is 16.6. The maximum Gasteiger partial charge on any atom is 0.372 e. The Morgan fingerprint density at radius 3 is 2.74 bits per heavy atom. The zero-order valence-electron chi connectivity index (χ0n) is 11.3. The van der Waals surface area contributed by atoms with Crippen molar-refractivity contribution in [2.24, 2.45) is 0 Å². The summed E-state index contributed by atoms with van der Waals surface area (Å²) < 4.78 is 10.6. The topological polar surface area (TPSA) is 99.4 Å². The van der Waals surface area contributed by atoms with Gasteiger partial charge < -0.3 is 14.8 Å². The predicted molar refractivity (Wildman–Crippen MR) is 69.4 cm³/mol. The molecular weight excluding hydrogens is 252 g/mol. The molecule has 1 aromatic rings. The second kappa shape index (κ2) is 7.47. The molecular formula is C11H18N4O4. The standard InChI is InChI=1S/C11H18N4O4/c1-4-12-10-9(15(16)17)11(14-7-13-10)19-6-5-18-8(2)3/h7-8H,4-6H2,1-3H3,(H,12,13,14). The molecule has 19 heavy (non-hydrogen) atoms. The largest absolute Gasteiger partial charge is 0.470 e. The first kappa shape index (κ1) is 15.1. The van der Waals surface area contributed by atoms with Crippen molar-refractivity contribution in [3.05, 3.63) is 16.4 Å². The Balaban J connectivity index is 2.76. The molecule has 0 radical (unpaired) electrons. The van der Waals surface area contributed by atoms with Crippen molar-refractivity contribution in [3.8, 4) is 5.88 Å². The van der Waals surface area contributed by atoms with Crippen LogP contribution in [0.2, 0.25) is 0 Å². The van der Waals surface area contributed by atoms with Crippen molar-refractivity contribution in [3.63, 3.8) is 0 Å². The van der Waals surface area contributed by atoms with Crippen molar-refractivity contribution in [2.75, 3.05) is 25.1 Å². The molecule has 0 unspecified atom stereocenters. The summed E-state index contributed by atoms with van der Waals surface area (Å²) in [6.45, 7) is 6.68. The fourth-order valence-electron chi connectivity index (χ4n) is 1.35. The van der Waals surface area contributed by atoms with Gasteiger partial charge in [-0.2, -0.15) is 4.98 Å². The molecule has 0 aromatic carbocycles. The van der Waals surface area contributed by atoms with E-state index in [-0.39, 0.29) is 30.1 Å². The van der Waals surface area contributed by atoms with Gasteiger partial charge in [-0.3, -0.25) is 10.1 Å². The third-order valence-corrected chi connectivity index (χ3v) is 2.09. The molecule has 1 aromatic heterocycles. The second-order valence-corrected chi connectivity index (χ2v) is 3.93. The average molecular weight is 270 g/mol. The van der Waals surface area contributed by atoms with Crippen LogP contribution in [-0.2, 0) is 4.74 Å². The van der Waals surface area contributed by atoms with Crippen LogP contribution in [0.25, 0.3) is 0 Å². The van der Waals surface area contributed by atoms with Gasteiger partial charge >= 0.3 is 5.69 Å². The summed E-state index contributed by atoms with van der Waals surface area (Å²) in [5, 5.41) is 13.8. The van der Waals surface area contributed by atoms with Gasteiger partial charge in [0.1, 0.15) is 12.9 Å². The van der Waals surface area contributed by atoms with Crippen LogP contribution in [0.15, 0.2) is 6.33 Å². The van der Waals surface area contributed by atoms with Crippen LogP contribution in [0.3, 0.4) is 0 Å². The first-order valence-electron chi connectivity index (χ1n) is 6.03. The molecule has 1 rings (SSSR count). The highest BCUT2D eigenvalue weighted by Gasteiger charge is 2.23. The van der Waals surface area contributed by atoms with E-state index in [9.17, 15) is 10.1 Å². The minimum atomic E-state index is -0.559. The van der Waals surface area contributed by atoms with Crippen molar-refractivity contribution in [1.29, 1.82) is 0 Å². The lowest BCUT2D eigenvalue weighted by molar-refractivity contribution is -0.385. The fraction of sp³-hybridized carbons (Fsp3) is 0.636. The van der Waals surface area contributed by atoms with E-state index in [1.165, 1.54) is 6.33 Å². The van der Waals surface area contributed by atoms with Gasteiger partial charge in [-0.15, -0.1) is 0 Å². The number of hydrogen-bond donors (Lipinski definition) is 1. The average Bonchev–Trinajstić information content (AvgIpc) is 2.34. The zero-order valence-corrected chi connectivity index (χ0v) is 11.3. The molecule has 0 atom stereocenters. The summed E-state index contributed by atoms with van der Waals surface area (Å²) in [7, 11) is 0. The third-order valence-electron chi connectivity index (χ3n) is 2.09. The van der Waals surface area contributed by atoms with Crippen LogP contribution >= 0.6 is 0 Å². The number of nitrogens with one attached hydrogen (secondary N) is 1. The zero-order chi connectivity index (χ0) is 14.3. The summed E-state index contributed by atoms with van der Waals surface area (Å²) in [5.41, 5.74) is -0.256. The van der Waals surface area contributed by atoms with E-state index >= 15 is 0 Å². The maximum absolute atomic E-state index is 11.0. The van der Waals surface area contributed by atoms with Gasteiger partial charge in [0.2, 0.25) is 5.82 Å². The summed E-state index contributed by atoms with van der Waals surface area (Å²) in [5.74, 6) is 0.102. The van der Waals surface area contributed by atoms with Crippen LogP contribution < -0.4 is 10.1 Å². The first-order valence-corrected chi connectivity index (χ1v) is 6.03. The van der Waals surface area contributed by atoms with Crippen LogP contribution in [0.1, 0.15) is 20.8 Å². The van der Waals surface area contributed by atoms with Gasteiger partial charge in [0.15, 0.2) is 0 Å². The molecule has 1 N–H and O–H groups in total. The lowest BCUT2D eigenvalue weighted by Crippen LogP contribution is -2.13. The quantitative estimate of drug-likeness (QED) is 0.435. The van der Waals surface area contributed by atoms with E-state index in [1.807, 2.05) is 20.8 Å². The molecule has 0 fully saturated rings. The van der Waals surface area contributed by atoms with Crippen molar-refractivity contribution in [1.82, 2.24) is 9.97 Å². The van der Waals surface area contributed by atoms with Gasteiger partial charge in [-0.05, 0) is 20.8 Å². The van der Waals surface area contributed by atoms with Gasteiger partial charge in [-0.25, -0.2) is 4.98 Å². The molecule has 0 saturated heterocycles. The van der Waals surface area contributed by atoms with Gasteiger partial charge in [0, 0.05) is 6.54 Å². The molecule has 8 nitrogen and oxygen atoms in total. The Hall–Kier alpha value is -1.96. The molecule has 0 amide bonds. The number of aromatic nitrogens is 2. The van der Waals surface area contributed by atoms with E-state index < -0.39 is 4.92 Å². The Labute approximate surface area is 111 Å². The minimum Gasteiger partial charge on any atom is -0.470 e. The third kappa shape index (κ3) is 4.66. The van der Waals surface area contributed by atoms with Crippen LogP contribution in [0, 0.1) is 10.1 Å². The number of nitrogens with zero attached hydrogens (tertiary/aromatic N) is 3. The normalized spacial score (nSPS) is 10.5. The molecule has 0 saturated carbocycles. The molecule has 0 aliphatic rings. The number of rotatable bonds is 8. The van der Waals surface area contributed by atoms with Gasteiger partial charge in [-0.1, -0.05) is 0 Å². The lowest BCUT2D eigenvalue weighted by Gasteiger charge is -2.10. The molecule has 8 heteroatoms. The Kier molecular flexibility index (Phi) is 5.94. The minimum absolute atomic E-state index is 0.0525. The van der Waals surface area contributed by atoms with E-state index in [4.69, 9.17) is 9.47 Å². The molecule has 0 aliphatic carbocycles. The SMILES string of the molecule is CCNc1ncnc(OCCOC(C)C)c1[N+](=O)[O-]. The van der Waals surface area contributed by atoms with Crippen molar-refractivity contribution in [2.45, 2.75) is 26.9 Å². The summed E-state index contributed by atoms with van der Waals surface area (Å²) in [6, 6.07) is 0. The van der Waals surface area contributed by atoms with E-state index in [0.717, 1.165) is 0 Å². The molecule has 0 spiro atoms. The summed E-state index contributed by atoms with van der Waals surface area (Å²) in [4.78, 5) is 18.1. The highest BCUT2D eigenvalue weighted by Crippen LogP contribution is 2.30. The molecule has 1 heterocycles. The highest BCUT2D eigenvalue weighted by molar-refractivity contribution is 5.60. The maximum atomic E-state index is 11.0. The smallest absolute Gasteiger partial charge is 0.372 e. The second-order valence-electron chi connectivity index (χ2n) is 3.93. The number of anilines is 1. The molecule has 106 valence electrons. The van der Waals surface area contributed by atoms with E-state index in [0.29, 0.717) is 13.2 Å². The first-order chi connectivity index (χ1) is 9.06. The van der Waals surface area contributed by atoms with Crippen LogP contribution in [0.4, 0.5) is 11.5 Å². The van der Waals surface area contributed by atoms with Gasteiger partial charge in [0.05, 0.1) is 17.6 Å². The van der Waals surface area contributed by atoms with Crippen LogP contribution in [-0.4, -0.2) is 40.8 Å². The van der Waals surface area contributed by atoms with Crippen LogP contribution in [0.5, 0.6) is 5.88 Å².